The molecule has 0 amide bonds. The first-order chi connectivity index (χ1) is 21.8. The third kappa shape index (κ3) is 3.85. The molecule has 0 heterocycles. The molecule has 0 aliphatic rings. The summed E-state index contributed by atoms with van der Waals surface area (Å²) in [6.07, 6.45) is 0. The fraction of sp³-hybridized carbons (Fsp3) is 0. The van der Waals surface area contributed by atoms with Crippen LogP contribution in [0, 0.1) is 0 Å². The van der Waals surface area contributed by atoms with E-state index in [9.17, 15) is 0 Å². The summed E-state index contributed by atoms with van der Waals surface area (Å²) in [5.41, 5.74) is 7.54. The van der Waals surface area contributed by atoms with Crippen molar-refractivity contribution in [3.8, 4) is 33.4 Å². The second kappa shape index (κ2) is 9.93. The molecule has 9 aromatic rings. The van der Waals surface area contributed by atoms with Crippen LogP contribution in [0.15, 0.2) is 170 Å². The Balaban J connectivity index is 1.46. The van der Waals surface area contributed by atoms with Gasteiger partial charge in [-0.15, -0.1) is 0 Å². The maximum absolute atomic E-state index is 2.43. The van der Waals surface area contributed by atoms with Gasteiger partial charge in [-0.2, -0.15) is 0 Å². The van der Waals surface area contributed by atoms with E-state index in [0.29, 0.717) is 0 Å². The molecule has 0 fully saturated rings. The van der Waals surface area contributed by atoms with Crippen molar-refractivity contribution in [2.75, 3.05) is 0 Å². The molecule has 0 heteroatoms. The third-order valence-electron chi connectivity index (χ3n) is 9.21. The Morgan fingerprint density at radius 3 is 1.61 bits per heavy atom. The topological polar surface area (TPSA) is 0 Å². The van der Waals surface area contributed by atoms with Crippen LogP contribution >= 0.6 is 0 Å². The highest BCUT2D eigenvalue weighted by Gasteiger charge is 2.19. The summed E-state index contributed by atoms with van der Waals surface area (Å²) in [6.45, 7) is 0. The molecule has 0 aliphatic carbocycles. The van der Waals surface area contributed by atoms with Crippen molar-refractivity contribution in [3.05, 3.63) is 170 Å². The lowest BCUT2D eigenvalue weighted by atomic mass is 9.83. The van der Waals surface area contributed by atoms with Crippen LogP contribution in [0.2, 0.25) is 0 Å². The maximum atomic E-state index is 2.43. The monoisotopic (exact) mass is 556 g/mol. The van der Waals surface area contributed by atoms with Gasteiger partial charge in [-0.25, -0.2) is 0 Å². The van der Waals surface area contributed by atoms with Crippen LogP contribution < -0.4 is 0 Å². The standard InChI is InChI=1S/C44H28/c1-3-12-29(13-4-1)32-24-25-39-42(27-32)44(37-20-10-9-19-36(37)43(39)31-15-5-2-6-16-31)38-21-11-17-33-26-34-23-22-30-14-7-8-18-35(30)40(34)28-41(33)38/h1-28H. The van der Waals surface area contributed by atoms with Crippen molar-refractivity contribution >= 4 is 53.9 Å². The Labute approximate surface area is 256 Å². The lowest BCUT2D eigenvalue weighted by Crippen LogP contribution is -1.92. The van der Waals surface area contributed by atoms with Gasteiger partial charge in [0.05, 0.1) is 0 Å². The van der Waals surface area contributed by atoms with Gasteiger partial charge in [-0.3, -0.25) is 0 Å². The van der Waals surface area contributed by atoms with Crippen molar-refractivity contribution in [1.82, 2.24) is 0 Å². The minimum atomic E-state index is 1.23. The van der Waals surface area contributed by atoms with Crippen molar-refractivity contribution in [1.29, 1.82) is 0 Å². The highest BCUT2D eigenvalue weighted by molar-refractivity contribution is 6.25. The Bertz CT molecular complexity index is 2520. The van der Waals surface area contributed by atoms with E-state index in [0.717, 1.165) is 0 Å². The molecule has 9 aromatic carbocycles. The van der Waals surface area contributed by atoms with Crippen molar-refractivity contribution in [2.24, 2.45) is 0 Å². The molecule has 0 bridgehead atoms. The van der Waals surface area contributed by atoms with Crippen molar-refractivity contribution in [3.63, 3.8) is 0 Å². The summed E-state index contributed by atoms with van der Waals surface area (Å²) in [5.74, 6) is 0. The largest absolute Gasteiger partial charge is 0.0622 e. The van der Waals surface area contributed by atoms with Gasteiger partial charge in [0.25, 0.3) is 0 Å². The molecule has 0 N–H and O–H groups in total. The summed E-state index contributed by atoms with van der Waals surface area (Å²) in [7, 11) is 0. The zero-order chi connectivity index (χ0) is 29.0. The molecule has 0 nitrogen and oxygen atoms in total. The predicted octanol–water partition coefficient (Wildman–Crippen LogP) is 12.5. The summed E-state index contributed by atoms with van der Waals surface area (Å²) in [6, 6.07) is 62.4. The van der Waals surface area contributed by atoms with Crippen LogP contribution in [0.5, 0.6) is 0 Å². The number of hydrogen-bond acceptors (Lipinski definition) is 0. The number of benzene rings is 9. The van der Waals surface area contributed by atoms with Crippen LogP contribution in [0.1, 0.15) is 0 Å². The fourth-order valence-corrected chi connectivity index (χ4v) is 7.19. The lowest BCUT2D eigenvalue weighted by Gasteiger charge is -2.20. The first-order valence-electron chi connectivity index (χ1n) is 15.3. The second-order valence-electron chi connectivity index (χ2n) is 11.7. The van der Waals surface area contributed by atoms with Gasteiger partial charge < -0.3 is 0 Å². The molecule has 0 unspecified atom stereocenters. The molecule has 204 valence electrons. The minimum absolute atomic E-state index is 1.23. The third-order valence-corrected chi connectivity index (χ3v) is 9.21. The molecular weight excluding hydrogens is 528 g/mol. The molecular formula is C44H28. The molecule has 0 saturated heterocycles. The quantitative estimate of drug-likeness (QED) is 0.150. The average molecular weight is 557 g/mol. The van der Waals surface area contributed by atoms with Crippen molar-refractivity contribution in [2.45, 2.75) is 0 Å². The normalized spacial score (nSPS) is 11.6. The van der Waals surface area contributed by atoms with E-state index in [4.69, 9.17) is 0 Å². The van der Waals surface area contributed by atoms with Gasteiger partial charge in [0.15, 0.2) is 0 Å². The number of hydrogen-bond donors (Lipinski definition) is 0. The zero-order valence-electron chi connectivity index (χ0n) is 24.2. The van der Waals surface area contributed by atoms with Gasteiger partial charge >= 0.3 is 0 Å². The summed E-state index contributed by atoms with van der Waals surface area (Å²) >= 11 is 0. The van der Waals surface area contributed by atoms with Crippen LogP contribution in [-0.2, 0) is 0 Å². The first kappa shape index (κ1) is 24.8. The minimum Gasteiger partial charge on any atom is -0.0622 e. The number of rotatable bonds is 3. The zero-order valence-corrected chi connectivity index (χ0v) is 24.2. The van der Waals surface area contributed by atoms with Crippen molar-refractivity contribution < 1.29 is 0 Å². The molecule has 0 spiro atoms. The number of fused-ring (bicyclic) bond motifs is 6. The van der Waals surface area contributed by atoms with E-state index in [2.05, 4.69) is 170 Å². The summed E-state index contributed by atoms with van der Waals surface area (Å²) in [4.78, 5) is 0. The van der Waals surface area contributed by atoms with Gasteiger partial charge in [-0.1, -0.05) is 152 Å². The SMILES string of the molecule is c1ccc(-c2ccc3c(-c4ccccc4)c4ccccc4c(-c4cccc5cc6ccc7ccccc7c6cc45)c3c2)cc1. The average Bonchev–Trinajstić information content (AvgIpc) is 3.10. The first-order valence-corrected chi connectivity index (χ1v) is 15.3. The van der Waals surface area contributed by atoms with Crippen LogP contribution in [-0.4, -0.2) is 0 Å². The second-order valence-corrected chi connectivity index (χ2v) is 11.7. The molecule has 0 aromatic heterocycles. The Morgan fingerprint density at radius 1 is 0.227 bits per heavy atom. The van der Waals surface area contributed by atoms with E-state index >= 15 is 0 Å². The fourth-order valence-electron chi connectivity index (χ4n) is 7.19. The van der Waals surface area contributed by atoms with Crippen LogP contribution in [0.25, 0.3) is 87.2 Å². The molecule has 0 aliphatic heterocycles. The smallest absolute Gasteiger partial charge is 0.00199 e. The Kier molecular flexibility index (Phi) is 5.61. The van der Waals surface area contributed by atoms with E-state index < -0.39 is 0 Å². The predicted molar refractivity (Wildman–Crippen MR) is 190 cm³/mol. The van der Waals surface area contributed by atoms with E-state index in [1.165, 1.54) is 87.2 Å². The Hall–Kier alpha value is -5.72. The van der Waals surface area contributed by atoms with Gasteiger partial charge in [0.2, 0.25) is 0 Å². The Morgan fingerprint density at radius 2 is 0.818 bits per heavy atom. The molecule has 9 rings (SSSR count). The van der Waals surface area contributed by atoms with E-state index in [1.54, 1.807) is 0 Å². The van der Waals surface area contributed by atoms with Crippen LogP contribution in [0.3, 0.4) is 0 Å². The van der Waals surface area contributed by atoms with E-state index in [-0.39, 0.29) is 0 Å². The summed E-state index contributed by atoms with van der Waals surface area (Å²) < 4.78 is 0. The highest BCUT2D eigenvalue weighted by atomic mass is 14.2. The van der Waals surface area contributed by atoms with Gasteiger partial charge in [0, 0.05) is 0 Å². The molecule has 0 radical (unpaired) electrons. The maximum Gasteiger partial charge on any atom is -0.00199 e. The lowest BCUT2D eigenvalue weighted by molar-refractivity contribution is 1.63. The van der Waals surface area contributed by atoms with Gasteiger partial charge in [-0.05, 0) is 105 Å². The summed E-state index contributed by atoms with van der Waals surface area (Å²) in [5, 5.41) is 12.8. The molecule has 0 saturated carbocycles. The van der Waals surface area contributed by atoms with Crippen LogP contribution in [0.4, 0.5) is 0 Å². The molecule has 0 atom stereocenters. The highest BCUT2D eigenvalue weighted by Crippen LogP contribution is 2.46. The van der Waals surface area contributed by atoms with Gasteiger partial charge in [0.1, 0.15) is 0 Å². The molecule has 44 heavy (non-hydrogen) atoms. The van der Waals surface area contributed by atoms with E-state index in [1.807, 2.05) is 0 Å².